The molecule has 1 aliphatic heterocycles. The molecule has 0 bridgehead atoms. The first-order valence-electron chi connectivity index (χ1n) is 10.6. The van der Waals surface area contributed by atoms with Crippen LogP contribution in [0.5, 0.6) is 0 Å². The van der Waals surface area contributed by atoms with Gasteiger partial charge in [-0.25, -0.2) is 9.97 Å². The van der Waals surface area contributed by atoms with Gasteiger partial charge in [-0.2, -0.15) is 5.26 Å². The van der Waals surface area contributed by atoms with Crippen LogP contribution in [0, 0.1) is 11.3 Å². The number of anilines is 1. The first-order chi connectivity index (χ1) is 15.2. The molecule has 1 saturated heterocycles. The summed E-state index contributed by atoms with van der Waals surface area (Å²) in [6, 6.07) is 20.9. The number of hydrogen-bond acceptors (Lipinski definition) is 5. The fraction of sp³-hybridized carbons (Fsp3) is 0.240. The van der Waals surface area contributed by atoms with Crippen molar-refractivity contribution in [3.8, 4) is 22.9 Å². The van der Waals surface area contributed by atoms with Gasteiger partial charge in [0.25, 0.3) is 0 Å². The number of nitrogens with zero attached hydrogens (tertiary/aromatic N) is 5. The molecule has 5 rings (SSSR count). The van der Waals surface area contributed by atoms with Crippen LogP contribution in [0.3, 0.4) is 0 Å². The van der Waals surface area contributed by atoms with Gasteiger partial charge in [-0.05, 0) is 37.6 Å². The maximum Gasteiger partial charge on any atom is 0.150 e. The van der Waals surface area contributed by atoms with E-state index >= 15 is 0 Å². The minimum Gasteiger partial charge on any atom is -0.350 e. The number of hydrogen-bond donors (Lipinski definition) is 1. The zero-order valence-electron chi connectivity index (χ0n) is 17.7. The lowest BCUT2D eigenvalue weighted by Crippen LogP contribution is -2.54. The molecular formula is C25H24N6. The molecule has 2 atom stereocenters. The third-order valence-electron chi connectivity index (χ3n) is 5.94. The van der Waals surface area contributed by atoms with E-state index in [0.717, 1.165) is 46.8 Å². The van der Waals surface area contributed by atoms with Gasteiger partial charge in [0, 0.05) is 42.6 Å². The van der Waals surface area contributed by atoms with Gasteiger partial charge < -0.3 is 14.8 Å². The molecule has 1 aliphatic rings. The maximum absolute atomic E-state index is 9.38. The molecule has 0 aliphatic carbocycles. The van der Waals surface area contributed by atoms with E-state index in [1.807, 2.05) is 42.5 Å². The van der Waals surface area contributed by atoms with Gasteiger partial charge in [-0.3, -0.25) is 0 Å². The zero-order chi connectivity index (χ0) is 21.4. The molecule has 154 valence electrons. The predicted molar refractivity (Wildman–Crippen MR) is 123 cm³/mol. The van der Waals surface area contributed by atoms with Crippen molar-refractivity contribution in [1.29, 1.82) is 5.26 Å². The van der Waals surface area contributed by atoms with Crippen molar-refractivity contribution in [3.63, 3.8) is 0 Å². The third-order valence-corrected chi connectivity index (χ3v) is 5.94. The highest BCUT2D eigenvalue weighted by Gasteiger charge is 2.27. The van der Waals surface area contributed by atoms with E-state index in [9.17, 15) is 5.26 Å². The number of rotatable bonds is 3. The molecule has 2 aromatic heterocycles. The van der Waals surface area contributed by atoms with E-state index in [-0.39, 0.29) is 0 Å². The molecule has 6 nitrogen and oxygen atoms in total. The van der Waals surface area contributed by atoms with Crippen LogP contribution in [0.4, 0.5) is 5.82 Å². The van der Waals surface area contributed by atoms with Gasteiger partial charge in [-0.15, -0.1) is 0 Å². The number of nitriles is 1. The van der Waals surface area contributed by atoms with E-state index in [1.54, 1.807) is 6.33 Å². The summed E-state index contributed by atoms with van der Waals surface area (Å²) in [7, 11) is 0. The molecule has 0 saturated carbocycles. The molecular weight excluding hydrogens is 384 g/mol. The van der Waals surface area contributed by atoms with Gasteiger partial charge in [-0.1, -0.05) is 36.4 Å². The lowest BCUT2D eigenvalue weighted by molar-refractivity contribution is 0.423. The number of fused-ring (bicyclic) bond motifs is 1. The summed E-state index contributed by atoms with van der Waals surface area (Å²) in [6.45, 7) is 6.23. The molecule has 4 aromatic rings. The van der Waals surface area contributed by atoms with E-state index in [1.165, 1.54) is 0 Å². The van der Waals surface area contributed by atoms with Crippen molar-refractivity contribution < 1.29 is 0 Å². The second-order valence-electron chi connectivity index (χ2n) is 8.15. The SMILES string of the molecule is C[C@@H]1CN(c2ncnc3c2c(-c2ccccc2)cn3-c2cccc(C#N)c2)[C@@H](C)CN1. The molecule has 3 heterocycles. The summed E-state index contributed by atoms with van der Waals surface area (Å²) in [5.41, 5.74) is 4.59. The summed E-state index contributed by atoms with van der Waals surface area (Å²) in [5, 5.41) is 14.0. The maximum atomic E-state index is 9.38. The van der Waals surface area contributed by atoms with Gasteiger partial charge >= 0.3 is 0 Å². The fourth-order valence-corrected chi connectivity index (χ4v) is 4.34. The van der Waals surface area contributed by atoms with Crippen LogP contribution in [-0.4, -0.2) is 39.7 Å². The largest absolute Gasteiger partial charge is 0.350 e. The normalized spacial score (nSPS) is 18.8. The molecule has 1 fully saturated rings. The minimum absolute atomic E-state index is 0.322. The van der Waals surface area contributed by atoms with Crippen molar-refractivity contribution in [2.45, 2.75) is 25.9 Å². The van der Waals surface area contributed by atoms with E-state index in [4.69, 9.17) is 4.98 Å². The standard InChI is InChI=1S/C25H24N6/c1-17-14-30(18(2)13-27-17)24-23-22(20-8-4-3-5-9-20)15-31(25(23)29-16-28-24)21-10-6-7-19(11-21)12-26/h3-11,15-18,27H,13-14H2,1-2H3/t17-,18+/m1/s1. The molecule has 0 radical (unpaired) electrons. The van der Waals surface area contributed by atoms with Crippen LogP contribution >= 0.6 is 0 Å². The number of benzene rings is 2. The summed E-state index contributed by atoms with van der Waals surface area (Å²) in [6.07, 6.45) is 3.77. The average Bonchev–Trinajstić information content (AvgIpc) is 3.21. The predicted octanol–water partition coefficient (Wildman–Crippen LogP) is 4.15. The van der Waals surface area contributed by atoms with Crippen LogP contribution in [0.1, 0.15) is 19.4 Å². The van der Waals surface area contributed by atoms with Crippen LogP contribution < -0.4 is 10.2 Å². The van der Waals surface area contributed by atoms with E-state index in [0.29, 0.717) is 17.6 Å². The molecule has 0 amide bonds. The van der Waals surface area contributed by atoms with Gasteiger partial charge in [0.05, 0.1) is 17.0 Å². The Kier molecular flexibility index (Phi) is 4.89. The van der Waals surface area contributed by atoms with Crippen LogP contribution in [0.25, 0.3) is 27.8 Å². The van der Waals surface area contributed by atoms with Gasteiger partial charge in [0.15, 0.2) is 5.65 Å². The van der Waals surface area contributed by atoms with Crippen LogP contribution in [-0.2, 0) is 0 Å². The van der Waals surface area contributed by atoms with Crippen LogP contribution in [0.2, 0.25) is 0 Å². The zero-order valence-corrected chi connectivity index (χ0v) is 17.7. The van der Waals surface area contributed by atoms with Crippen molar-refractivity contribution in [2.24, 2.45) is 0 Å². The van der Waals surface area contributed by atoms with Crippen molar-refractivity contribution >= 4 is 16.9 Å². The number of aromatic nitrogens is 3. The highest BCUT2D eigenvalue weighted by atomic mass is 15.3. The Morgan fingerprint density at radius 2 is 1.90 bits per heavy atom. The molecule has 0 unspecified atom stereocenters. The summed E-state index contributed by atoms with van der Waals surface area (Å²) in [4.78, 5) is 11.8. The Labute approximate surface area is 181 Å². The van der Waals surface area contributed by atoms with Crippen molar-refractivity contribution in [1.82, 2.24) is 19.9 Å². The summed E-state index contributed by atoms with van der Waals surface area (Å²) in [5.74, 6) is 0.958. The topological polar surface area (TPSA) is 69.8 Å². The third kappa shape index (κ3) is 3.43. The Morgan fingerprint density at radius 1 is 1.06 bits per heavy atom. The Bertz CT molecular complexity index is 1270. The number of nitrogens with one attached hydrogen (secondary N) is 1. The summed E-state index contributed by atoms with van der Waals surface area (Å²) >= 11 is 0. The highest BCUT2D eigenvalue weighted by Crippen LogP contribution is 2.37. The Hall–Kier alpha value is -3.69. The highest BCUT2D eigenvalue weighted by molar-refractivity contribution is 6.02. The molecule has 0 spiro atoms. The lowest BCUT2D eigenvalue weighted by Gasteiger charge is -2.38. The van der Waals surface area contributed by atoms with Crippen LogP contribution in [0.15, 0.2) is 67.1 Å². The monoisotopic (exact) mass is 408 g/mol. The van der Waals surface area contributed by atoms with Crippen molar-refractivity contribution in [2.75, 3.05) is 18.0 Å². The Balaban J connectivity index is 1.78. The first-order valence-corrected chi connectivity index (χ1v) is 10.6. The molecule has 1 N–H and O–H groups in total. The van der Waals surface area contributed by atoms with E-state index in [2.05, 4.69) is 58.0 Å². The Morgan fingerprint density at radius 3 is 2.71 bits per heavy atom. The second kappa shape index (κ2) is 7.86. The summed E-state index contributed by atoms with van der Waals surface area (Å²) < 4.78 is 2.07. The van der Waals surface area contributed by atoms with Crippen molar-refractivity contribution in [3.05, 3.63) is 72.7 Å². The lowest BCUT2D eigenvalue weighted by atomic mass is 10.0. The molecule has 6 heteroatoms. The first kappa shape index (κ1) is 19.3. The van der Waals surface area contributed by atoms with Gasteiger partial charge in [0.1, 0.15) is 12.1 Å². The second-order valence-corrected chi connectivity index (χ2v) is 8.15. The number of piperazine rings is 1. The fourth-order valence-electron chi connectivity index (χ4n) is 4.34. The average molecular weight is 409 g/mol. The smallest absolute Gasteiger partial charge is 0.150 e. The van der Waals surface area contributed by atoms with E-state index < -0.39 is 0 Å². The molecule has 31 heavy (non-hydrogen) atoms. The van der Waals surface area contributed by atoms with Gasteiger partial charge in [0.2, 0.25) is 0 Å². The quantitative estimate of drug-likeness (QED) is 0.552. The molecule has 2 aromatic carbocycles. The minimum atomic E-state index is 0.322.